The highest BCUT2D eigenvalue weighted by Crippen LogP contribution is 2.23. The summed E-state index contributed by atoms with van der Waals surface area (Å²) in [4.78, 5) is 18.2. The van der Waals surface area contributed by atoms with Crippen LogP contribution in [0.3, 0.4) is 0 Å². The van der Waals surface area contributed by atoms with E-state index in [1.54, 1.807) is 11.0 Å². The minimum atomic E-state index is -0.463. The number of fused-ring (bicyclic) bond motifs is 1. The maximum Gasteiger partial charge on any atom is 0.410 e. The van der Waals surface area contributed by atoms with Crippen LogP contribution in [-0.2, 0) is 4.74 Å². The molecule has 1 atom stereocenters. The zero-order valence-corrected chi connectivity index (χ0v) is 14.9. The van der Waals surface area contributed by atoms with Gasteiger partial charge in [-0.15, -0.1) is 0 Å². The fraction of sp³-hybridized carbons (Fsp3) is 0.444. The number of nitrogens with zero attached hydrogens (tertiary/aromatic N) is 2. The molecule has 0 spiro atoms. The molecule has 3 rings (SSSR count). The van der Waals surface area contributed by atoms with E-state index in [4.69, 9.17) is 16.3 Å². The predicted molar refractivity (Wildman–Crippen MR) is 96.6 cm³/mol. The Kier molecular flexibility index (Phi) is 4.54. The largest absolute Gasteiger partial charge is 0.444 e. The number of nitrogens with one attached hydrogen (secondary N) is 1. The van der Waals surface area contributed by atoms with E-state index in [0.717, 1.165) is 23.0 Å². The fourth-order valence-electron chi connectivity index (χ4n) is 2.80. The Morgan fingerprint density at radius 1 is 1.33 bits per heavy atom. The van der Waals surface area contributed by atoms with Gasteiger partial charge in [0, 0.05) is 30.2 Å². The van der Waals surface area contributed by atoms with Crippen molar-refractivity contribution in [1.29, 1.82) is 0 Å². The van der Waals surface area contributed by atoms with Crippen LogP contribution in [-0.4, -0.2) is 40.7 Å². The maximum atomic E-state index is 12.1. The second-order valence-electron chi connectivity index (χ2n) is 7.10. The second kappa shape index (κ2) is 6.48. The normalized spacial score (nSPS) is 18.0. The van der Waals surface area contributed by atoms with Crippen molar-refractivity contribution in [2.45, 2.75) is 38.8 Å². The molecule has 2 heterocycles. The topological polar surface area (TPSA) is 54.5 Å². The smallest absolute Gasteiger partial charge is 0.410 e. The molecule has 6 heteroatoms. The van der Waals surface area contributed by atoms with Crippen LogP contribution >= 0.6 is 11.6 Å². The zero-order chi connectivity index (χ0) is 17.3. The molecule has 0 aliphatic carbocycles. The van der Waals surface area contributed by atoms with Gasteiger partial charge in [0.05, 0.1) is 5.52 Å². The van der Waals surface area contributed by atoms with Crippen LogP contribution in [0, 0.1) is 0 Å². The van der Waals surface area contributed by atoms with E-state index in [1.807, 2.05) is 39.0 Å². The SMILES string of the molecule is CC(C)(C)OC(=O)N1CCC(Nc2ccc3nc(Cl)ccc3c2)C1. The number of carbonyl (C=O) groups excluding carboxylic acids is 1. The quantitative estimate of drug-likeness (QED) is 0.822. The third-order valence-electron chi connectivity index (χ3n) is 3.87. The van der Waals surface area contributed by atoms with E-state index >= 15 is 0 Å². The van der Waals surface area contributed by atoms with E-state index in [2.05, 4.69) is 16.4 Å². The third kappa shape index (κ3) is 4.09. The molecule has 1 saturated heterocycles. The molecule has 0 bridgehead atoms. The summed E-state index contributed by atoms with van der Waals surface area (Å²) in [6.07, 6.45) is 0.653. The molecule has 1 unspecified atom stereocenters. The second-order valence-corrected chi connectivity index (χ2v) is 7.48. The van der Waals surface area contributed by atoms with Crippen LogP contribution in [0.2, 0.25) is 5.15 Å². The molecule has 128 valence electrons. The van der Waals surface area contributed by atoms with Crippen LogP contribution in [0.1, 0.15) is 27.2 Å². The first-order chi connectivity index (χ1) is 11.3. The number of likely N-dealkylation sites (tertiary alicyclic amines) is 1. The molecule has 1 N–H and O–H groups in total. The van der Waals surface area contributed by atoms with E-state index in [0.29, 0.717) is 18.2 Å². The lowest BCUT2D eigenvalue weighted by Gasteiger charge is -2.24. The van der Waals surface area contributed by atoms with E-state index in [1.165, 1.54) is 0 Å². The standard InChI is InChI=1S/C18H22ClN3O2/c1-18(2,3)24-17(23)22-9-8-14(11-22)20-13-5-6-15-12(10-13)4-7-16(19)21-15/h4-7,10,14,20H,8-9,11H2,1-3H3. The van der Waals surface area contributed by atoms with Crippen molar-refractivity contribution in [3.8, 4) is 0 Å². The summed E-state index contributed by atoms with van der Waals surface area (Å²) in [6.45, 7) is 6.99. The zero-order valence-electron chi connectivity index (χ0n) is 14.2. The van der Waals surface area contributed by atoms with Gasteiger partial charge in [-0.25, -0.2) is 9.78 Å². The molecule has 1 aromatic heterocycles. The van der Waals surface area contributed by atoms with Crippen LogP contribution < -0.4 is 5.32 Å². The molecule has 24 heavy (non-hydrogen) atoms. The molecule has 1 amide bonds. The van der Waals surface area contributed by atoms with Gasteiger partial charge in [0.2, 0.25) is 0 Å². The number of aromatic nitrogens is 1. The molecular weight excluding hydrogens is 326 g/mol. The highest BCUT2D eigenvalue weighted by molar-refractivity contribution is 6.29. The minimum absolute atomic E-state index is 0.218. The van der Waals surface area contributed by atoms with Gasteiger partial charge in [-0.05, 0) is 57.5 Å². The fourth-order valence-corrected chi connectivity index (χ4v) is 2.95. The van der Waals surface area contributed by atoms with Crippen LogP contribution in [0.5, 0.6) is 0 Å². The molecule has 1 fully saturated rings. The monoisotopic (exact) mass is 347 g/mol. The summed E-state index contributed by atoms with van der Waals surface area (Å²) in [7, 11) is 0. The molecule has 1 aliphatic rings. The van der Waals surface area contributed by atoms with Crippen molar-refractivity contribution in [2.24, 2.45) is 0 Å². The van der Waals surface area contributed by atoms with Crippen molar-refractivity contribution < 1.29 is 9.53 Å². The third-order valence-corrected chi connectivity index (χ3v) is 4.08. The number of amides is 1. The number of pyridine rings is 1. The Morgan fingerprint density at radius 3 is 2.88 bits per heavy atom. The van der Waals surface area contributed by atoms with E-state index in [9.17, 15) is 4.79 Å². The van der Waals surface area contributed by atoms with Crippen molar-refractivity contribution >= 4 is 34.3 Å². The van der Waals surface area contributed by atoms with Gasteiger partial charge in [-0.2, -0.15) is 0 Å². The van der Waals surface area contributed by atoms with Gasteiger partial charge in [0.15, 0.2) is 0 Å². The average molecular weight is 348 g/mol. The number of rotatable bonds is 2. The first-order valence-electron chi connectivity index (χ1n) is 8.11. The number of hydrogen-bond acceptors (Lipinski definition) is 4. The van der Waals surface area contributed by atoms with Crippen molar-refractivity contribution in [1.82, 2.24) is 9.88 Å². The summed E-state index contributed by atoms with van der Waals surface area (Å²) in [5, 5.41) is 5.01. The summed E-state index contributed by atoms with van der Waals surface area (Å²) in [5.74, 6) is 0. The first-order valence-corrected chi connectivity index (χ1v) is 8.49. The molecule has 1 aromatic carbocycles. The summed E-state index contributed by atoms with van der Waals surface area (Å²) in [5.41, 5.74) is 1.42. The van der Waals surface area contributed by atoms with Gasteiger partial charge in [0.1, 0.15) is 10.8 Å². The number of anilines is 1. The van der Waals surface area contributed by atoms with Gasteiger partial charge < -0.3 is 15.0 Å². The Hall–Kier alpha value is -2.01. The van der Waals surface area contributed by atoms with E-state index in [-0.39, 0.29) is 12.1 Å². The lowest BCUT2D eigenvalue weighted by Crippen LogP contribution is -2.36. The number of ether oxygens (including phenoxy) is 1. The lowest BCUT2D eigenvalue weighted by molar-refractivity contribution is 0.0293. The Bertz CT molecular complexity index is 758. The van der Waals surface area contributed by atoms with Crippen molar-refractivity contribution in [2.75, 3.05) is 18.4 Å². The van der Waals surface area contributed by atoms with Gasteiger partial charge in [-0.1, -0.05) is 11.6 Å². The Morgan fingerprint density at radius 2 is 2.12 bits per heavy atom. The number of carbonyl (C=O) groups is 1. The van der Waals surface area contributed by atoms with Crippen molar-refractivity contribution in [3.05, 3.63) is 35.5 Å². The number of hydrogen-bond donors (Lipinski definition) is 1. The average Bonchev–Trinajstić information content (AvgIpc) is 2.94. The van der Waals surface area contributed by atoms with Crippen LogP contribution in [0.4, 0.5) is 10.5 Å². The summed E-state index contributed by atoms with van der Waals surface area (Å²) < 4.78 is 5.43. The highest BCUT2D eigenvalue weighted by Gasteiger charge is 2.29. The van der Waals surface area contributed by atoms with Gasteiger partial charge in [-0.3, -0.25) is 0 Å². The van der Waals surface area contributed by atoms with Gasteiger partial charge >= 0.3 is 6.09 Å². The van der Waals surface area contributed by atoms with E-state index < -0.39 is 5.60 Å². The molecule has 2 aromatic rings. The lowest BCUT2D eigenvalue weighted by atomic mass is 10.2. The molecule has 0 saturated carbocycles. The molecule has 0 radical (unpaired) electrons. The molecule has 1 aliphatic heterocycles. The summed E-state index contributed by atoms with van der Waals surface area (Å²) >= 11 is 5.91. The number of halogens is 1. The number of benzene rings is 1. The highest BCUT2D eigenvalue weighted by atomic mass is 35.5. The summed E-state index contributed by atoms with van der Waals surface area (Å²) in [6, 6.07) is 9.95. The van der Waals surface area contributed by atoms with Crippen LogP contribution in [0.15, 0.2) is 30.3 Å². The predicted octanol–water partition coefficient (Wildman–Crippen LogP) is 4.31. The first kappa shape index (κ1) is 16.8. The maximum absolute atomic E-state index is 12.1. The minimum Gasteiger partial charge on any atom is -0.444 e. The molecular formula is C18H22ClN3O2. The van der Waals surface area contributed by atoms with Gasteiger partial charge in [0.25, 0.3) is 0 Å². The molecule has 5 nitrogen and oxygen atoms in total. The Labute approximate surface area is 146 Å². The van der Waals surface area contributed by atoms with Crippen LogP contribution in [0.25, 0.3) is 10.9 Å². The van der Waals surface area contributed by atoms with Crippen molar-refractivity contribution in [3.63, 3.8) is 0 Å². The Balaban J connectivity index is 1.63.